The molecule has 1 heteroatoms. The zero-order chi connectivity index (χ0) is 5.54. The molecule has 0 fully saturated rings. The Labute approximate surface area is 46.9 Å². The minimum absolute atomic E-state index is 1.13. The first kappa shape index (κ1) is 6.80. The highest BCUT2D eigenvalue weighted by atomic mass is 13.6. The Morgan fingerprint density at radius 3 is 2.71 bits per heavy atom. The van der Waals surface area contributed by atoms with Crippen LogP contribution in [-0.2, 0) is 0 Å². The van der Waals surface area contributed by atoms with Crippen LogP contribution in [0, 0.1) is 0 Å². The first-order chi connectivity index (χ1) is 3.41. The molecule has 0 amide bonds. The summed E-state index contributed by atoms with van der Waals surface area (Å²) >= 11 is 0. The van der Waals surface area contributed by atoms with Gasteiger partial charge >= 0.3 is 0 Å². The van der Waals surface area contributed by atoms with Crippen LogP contribution in [0.4, 0.5) is 0 Å². The lowest BCUT2D eigenvalue weighted by molar-refractivity contribution is 1.42. The van der Waals surface area contributed by atoms with E-state index < -0.39 is 0 Å². The predicted octanol–water partition coefficient (Wildman–Crippen LogP) is 2.12. The van der Waals surface area contributed by atoms with Gasteiger partial charge in [-0.1, -0.05) is 31.7 Å². The molecule has 0 heterocycles. The molecule has 0 nitrogen and oxygen atoms in total. The second kappa shape index (κ2) is 5.80. The lowest BCUT2D eigenvalue weighted by Crippen LogP contribution is -1.78. The van der Waals surface area contributed by atoms with Gasteiger partial charge in [0, 0.05) is 0 Å². The normalized spacial score (nSPS) is 10.0. The lowest BCUT2D eigenvalue weighted by atomic mass is 9.72. The summed E-state index contributed by atoms with van der Waals surface area (Å²) in [7, 11) is 2.25. The summed E-state index contributed by atoms with van der Waals surface area (Å²) in [6.07, 6.45) is 6.55. The standard InChI is InChI=1S/C6H12B/c1-3-5-6-7-4-2/h3,5H,4,6H2,1-2H3/b5-3+. The van der Waals surface area contributed by atoms with Crippen LogP contribution in [0.5, 0.6) is 0 Å². The summed E-state index contributed by atoms with van der Waals surface area (Å²) in [5.74, 6) is 0. The highest BCUT2D eigenvalue weighted by molar-refractivity contribution is 6.35. The van der Waals surface area contributed by atoms with Crippen LogP contribution < -0.4 is 0 Å². The molecule has 0 bridgehead atoms. The van der Waals surface area contributed by atoms with Gasteiger partial charge in [-0.3, -0.25) is 0 Å². The number of rotatable bonds is 3. The molecule has 0 spiro atoms. The number of allylic oxidation sites excluding steroid dienone is 2. The van der Waals surface area contributed by atoms with Crippen molar-refractivity contribution in [3.05, 3.63) is 12.2 Å². The third-order valence-electron chi connectivity index (χ3n) is 0.827. The molecule has 1 radical (unpaired) electrons. The molecule has 0 aromatic carbocycles. The van der Waals surface area contributed by atoms with Gasteiger partial charge in [0.2, 0.25) is 0 Å². The molecule has 0 N–H and O–H groups in total. The smallest absolute Gasteiger partial charge is 0.0967 e. The van der Waals surface area contributed by atoms with E-state index in [1.54, 1.807) is 0 Å². The SMILES string of the molecule is C/C=C/C[B]CC. The molecular formula is C6H12B. The van der Waals surface area contributed by atoms with E-state index >= 15 is 0 Å². The van der Waals surface area contributed by atoms with Gasteiger partial charge < -0.3 is 0 Å². The zero-order valence-corrected chi connectivity index (χ0v) is 5.15. The Kier molecular flexibility index (Phi) is 5.64. The summed E-state index contributed by atoms with van der Waals surface area (Å²) < 4.78 is 0. The molecule has 0 saturated heterocycles. The number of hydrogen-bond donors (Lipinski definition) is 0. The van der Waals surface area contributed by atoms with Gasteiger partial charge in [0.25, 0.3) is 0 Å². The first-order valence-electron chi connectivity index (χ1n) is 2.84. The van der Waals surface area contributed by atoms with E-state index in [1.165, 1.54) is 6.32 Å². The van der Waals surface area contributed by atoms with Crippen molar-refractivity contribution in [2.24, 2.45) is 0 Å². The van der Waals surface area contributed by atoms with E-state index in [0.717, 1.165) is 6.32 Å². The van der Waals surface area contributed by atoms with Crippen LogP contribution in [-0.4, -0.2) is 7.28 Å². The zero-order valence-electron chi connectivity index (χ0n) is 5.15. The van der Waals surface area contributed by atoms with Crippen molar-refractivity contribution in [3.63, 3.8) is 0 Å². The van der Waals surface area contributed by atoms with Crippen molar-refractivity contribution in [1.29, 1.82) is 0 Å². The van der Waals surface area contributed by atoms with Gasteiger partial charge in [0.05, 0.1) is 0 Å². The molecule has 0 atom stereocenters. The molecule has 0 aliphatic heterocycles. The van der Waals surface area contributed by atoms with E-state index in [2.05, 4.69) is 26.4 Å². The molecule has 0 saturated carbocycles. The van der Waals surface area contributed by atoms with Gasteiger partial charge in [0.15, 0.2) is 0 Å². The fraction of sp³-hybridized carbons (Fsp3) is 0.667. The van der Waals surface area contributed by atoms with Gasteiger partial charge in [-0.15, -0.1) is 0 Å². The van der Waals surface area contributed by atoms with Crippen LogP contribution in [0.1, 0.15) is 13.8 Å². The van der Waals surface area contributed by atoms with Crippen LogP contribution in [0.3, 0.4) is 0 Å². The molecule has 0 rings (SSSR count). The molecule has 0 aromatic heterocycles. The van der Waals surface area contributed by atoms with Crippen molar-refractivity contribution in [2.75, 3.05) is 0 Å². The van der Waals surface area contributed by atoms with Crippen molar-refractivity contribution in [3.8, 4) is 0 Å². The Morgan fingerprint density at radius 1 is 1.57 bits per heavy atom. The molecule has 7 heavy (non-hydrogen) atoms. The van der Waals surface area contributed by atoms with Crippen LogP contribution in [0.25, 0.3) is 0 Å². The summed E-state index contributed by atoms with van der Waals surface area (Å²) in [5, 5.41) is 0. The summed E-state index contributed by atoms with van der Waals surface area (Å²) in [5.41, 5.74) is 0. The minimum atomic E-state index is 1.13. The minimum Gasteiger partial charge on any atom is -0.0967 e. The maximum absolute atomic E-state index is 2.25. The molecule has 0 aromatic rings. The number of hydrogen-bond acceptors (Lipinski definition) is 0. The first-order valence-corrected chi connectivity index (χ1v) is 2.84. The van der Waals surface area contributed by atoms with E-state index in [0.29, 0.717) is 0 Å². The van der Waals surface area contributed by atoms with Gasteiger partial charge in [-0.05, 0) is 6.92 Å². The Morgan fingerprint density at radius 2 is 2.29 bits per heavy atom. The average molecular weight is 95.0 g/mol. The van der Waals surface area contributed by atoms with Crippen LogP contribution >= 0.6 is 0 Å². The Bertz CT molecular complexity index is 48.1. The third kappa shape index (κ3) is 5.80. The quantitative estimate of drug-likeness (QED) is 0.286. The summed E-state index contributed by atoms with van der Waals surface area (Å²) in [6.45, 7) is 4.20. The van der Waals surface area contributed by atoms with Crippen molar-refractivity contribution in [1.82, 2.24) is 0 Å². The van der Waals surface area contributed by atoms with Gasteiger partial charge in [-0.2, -0.15) is 0 Å². The third-order valence-corrected chi connectivity index (χ3v) is 0.827. The van der Waals surface area contributed by atoms with E-state index in [4.69, 9.17) is 0 Å². The Hall–Kier alpha value is -0.195. The average Bonchev–Trinajstić information content (AvgIpc) is 1.69. The molecule has 39 valence electrons. The van der Waals surface area contributed by atoms with E-state index in [1.807, 2.05) is 6.92 Å². The molecule has 0 unspecified atom stereocenters. The Balaban J connectivity index is 2.69. The maximum Gasteiger partial charge on any atom is 0.114 e. The highest BCUT2D eigenvalue weighted by Crippen LogP contribution is 1.84. The fourth-order valence-electron chi connectivity index (χ4n) is 0.399. The molecule has 0 aliphatic carbocycles. The van der Waals surface area contributed by atoms with Crippen LogP contribution in [0.2, 0.25) is 12.6 Å². The summed E-state index contributed by atoms with van der Waals surface area (Å²) in [6, 6.07) is 0. The van der Waals surface area contributed by atoms with E-state index in [9.17, 15) is 0 Å². The van der Waals surface area contributed by atoms with Crippen LogP contribution in [0.15, 0.2) is 12.2 Å². The molecule has 0 aliphatic rings. The highest BCUT2D eigenvalue weighted by Gasteiger charge is 1.76. The maximum atomic E-state index is 2.25. The van der Waals surface area contributed by atoms with Gasteiger partial charge in [0.1, 0.15) is 7.28 Å². The molecular weight excluding hydrogens is 82.9 g/mol. The fourth-order valence-corrected chi connectivity index (χ4v) is 0.399. The monoisotopic (exact) mass is 95.1 g/mol. The van der Waals surface area contributed by atoms with Gasteiger partial charge in [-0.25, -0.2) is 0 Å². The van der Waals surface area contributed by atoms with E-state index in [-0.39, 0.29) is 0 Å². The topological polar surface area (TPSA) is 0 Å². The second-order valence-electron chi connectivity index (χ2n) is 1.50. The second-order valence-corrected chi connectivity index (χ2v) is 1.50. The van der Waals surface area contributed by atoms with Crippen molar-refractivity contribution < 1.29 is 0 Å². The van der Waals surface area contributed by atoms with Crippen molar-refractivity contribution >= 4 is 7.28 Å². The largest absolute Gasteiger partial charge is 0.114 e. The predicted molar refractivity (Wildman–Crippen MR) is 35.9 cm³/mol. The lowest BCUT2D eigenvalue weighted by Gasteiger charge is -1.80. The summed E-state index contributed by atoms with van der Waals surface area (Å²) in [4.78, 5) is 0. The van der Waals surface area contributed by atoms with Crippen molar-refractivity contribution in [2.45, 2.75) is 26.5 Å².